The molecule has 0 aromatic rings. The molecule has 0 unspecified atom stereocenters. The van der Waals surface area contributed by atoms with Crippen LogP contribution in [0.5, 0.6) is 0 Å². The zero-order valence-electron chi connectivity index (χ0n) is 11.6. The molecule has 92 valence electrons. The molecule has 3 nitrogen and oxygen atoms in total. The minimum Gasteiger partial charge on any atom is -0.848 e. The van der Waals surface area contributed by atoms with E-state index in [2.05, 4.69) is 0 Å². The fourth-order valence-electron chi connectivity index (χ4n) is 2.83. The van der Waals surface area contributed by atoms with Gasteiger partial charge in [-0.25, -0.2) is 0 Å². The average Bonchev–Trinajstić information content (AvgIpc) is 2.53. The summed E-state index contributed by atoms with van der Waals surface area (Å²) in [6.07, 6.45) is 2.38. The quantitative estimate of drug-likeness (QED) is 0.535. The molecule has 0 saturated carbocycles. The largest absolute Gasteiger partial charge is 1.00 e. The van der Waals surface area contributed by atoms with Gasteiger partial charge in [-0.15, -0.1) is 0 Å². The van der Waals surface area contributed by atoms with Crippen molar-refractivity contribution in [2.75, 3.05) is 13.7 Å². The minimum absolute atomic E-state index is 0. The van der Waals surface area contributed by atoms with Crippen LogP contribution in [-0.4, -0.2) is 19.3 Å². The molecule has 0 amide bonds. The fraction of sp³-hybridized carbons (Fsp3) is 0.846. The summed E-state index contributed by atoms with van der Waals surface area (Å²) in [5.74, 6) is 1.60. The Bertz CT molecular complexity index is 319. The van der Waals surface area contributed by atoms with E-state index in [1.54, 1.807) is 7.11 Å². The van der Waals surface area contributed by atoms with Crippen LogP contribution in [0.25, 0.3) is 0 Å². The predicted octanol–water partition coefficient (Wildman–Crippen LogP) is -1.18. The molecule has 0 radical (unpaired) electrons. The first kappa shape index (κ1) is 15.0. The number of ether oxygens (including phenoxy) is 2. The van der Waals surface area contributed by atoms with Gasteiger partial charge in [0.2, 0.25) is 0 Å². The molecular formula is C13H21LiO3. The monoisotopic (exact) mass is 232 g/mol. The number of hydrogen-bond acceptors (Lipinski definition) is 3. The van der Waals surface area contributed by atoms with Crippen molar-refractivity contribution in [2.45, 2.75) is 45.6 Å². The van der Waals surface area contributed by atoms with Crippen molar-refractivity contribution in [1.29, 1.82) is 0 Å². The second-order valence-electron chi connectivity index (χ2n) is 5.85. The number of hydrogen-bond donors (Lipinski definition) is 0. The van der Waals surface area contributed by atoms with Crippen LogP contribution in [0.3, 0.4) is 0 Å². The molecule has 0 spiro atoms. The molecule has 1 aliphatic heterocycles. The van der Waals surface area contributed by atoms with Crippen LogP contribution < -0.4 is 24.0 Å². The minimum atomic E-state index is -0.978. The normalized spacial score (nSPS) is 32.6. The van der Waals surface area contributed by atoms with Gasteiger partial charge < -0.3 is 14.6 Å². The van der Waals surface area contributed by atoms with Gasteiger partial charge >= 0.3 is 18.9 Å². The van der Waals surface area contributed by atoms with Gasteiger partial charge in [-0.3, -0.25) is 0 Å². The summed E-state index contributed by atoms with van der Waals surface area (Å²) >= 11 is 0. The van der Waals surface area contributed by atoms with E-state index in [4.69, 9.17) is 9.47 Å². The van der Waals surface area contributed by atoms with Crippen molar-refractivity contribution in [1.82, 2.24) is 0 Å². The van der Waals surface area contributed by atoms with E-state index in [-0.39, 0.29) is 30.2 Å². The van der Waals surface area contributed by atoms with E-state index in [1.165, 1.54) is 0 Å². The summed E-state index contributed by atoms with van der Waals surface area (Å²) in [7, 11) is 1.63. The van der Waals surface area contributed by atoms with Crippen LogP contribution in [0.1, 0.15) is 40.0 Å². The second-order valence-corrected chi connectivity index (χ2v) is 5.85. The molecule has 4 heteroatoms. The first-order valence-electron chi connectivity index (χ1n) is 6.00. The number of fused-ring (bicyclic) bond motifs is 1. The van der Waals surface area contributed by atoms with Gasteiger partial charge in [0.15, 0.2) is 0 Å². The zero-order chi connectivity index (χ0) is 12.0. The van der Waals surface area contributed by atoms with Gasteiger partial charge in [-0.2, -0.15) is 0 Å². The predicted molar refractivity (Wildman–Crippen MR) is 59.5 cm³/mol. The zero-order valence-corrected chi connectivity index (χ0v) is 11.6. The Kier molecular flexibility index (Phi) is 4.29. The van der Waals surface area contributed by atoms with Crippen LogP contribution in [0.2, 0.25) is 0 Å². The van der Waals surface area contributed by atoms with E-state index in [9.17, 15) is 5.11 Å². The molecule has 1 fully saturated rings. The van der Waals surface area contributed by atoms with E-state index in [1.807, 2.05) is 20.8 Å². The van der Waals surface area contributed by atoms with Gasteiger partial charge in [0.05, 0.1) is 13.7 Å². The van der Waals surface area contributed by atoms with E-state index in [0.717, 1.165) is 31.0 Å². The fourth-order valence-corrected chi connectivity index (χ4v) is 2.83. The number of rotatable bonds is 1. The van der Waals surface area contributed by atoms with E-state index in [0.29, 0.717) is 6.42 Å². The third-order valence-corrected chi connectivity index (χ3v) is 3.99. The maximum absolute atomic E-state index is 13.1. The van der Waals surface area contributed by atoms with Gasteiger partial charge in [0.25, 0.3) is 0 Å². The standard InChI is InChI=1S/C13H21O3.Li/c1-12(2,3)13(14)8-10(15-4)11-9(13)6-5-7-16-11;/h9H,5-8H2,1-4H3;/q-1;+1/t9-,13-;/m1./s1. The van der Waals surface area contributed by atoms with E-state index >= 15 is 0 Å². The van der Waals surface area contributed by atoms with Gasteiger partial charge in [0.1, 0.15) is 11.5 Å². The molecule has 1 heterocycles. The Morgan fingerprint density at radius 1 is 1.41 bits per heavy atom. The van der Waals surface area contributed by atoms with Crippen LogP contribution in [0, 0.1) is 11.3 Å². The smallest absolute Gasteiger partial charge is 0.848 e. The molecule has 2 atom stereocenters. The molecule has 0 bridgehead atoms. The Morgan fingerprint density at radius 2 is 2.06 bits per heavy atom. The van der Waals surface area contributed by atoms with Crippen molar-refractivity contribution in [3.8, 4) is 0 Å². The van der Waals surface area contributed by atoms with Crippen LogP contribution >= 0.6 is 0 Å². The van der Waals surface area contributed by atoms with E-state index < -0.39 is 5.60 Å². The summed E-state index contributed by atoms with van der Waals surface area (Å²) in [6.45, 7) is 6.78. The Balaban J connectivity index is 0.00000144. The third kappa shape index (κ3) is 2.26. The summed E-state index contributed by atoms with van der Waals surface area (Å²) < 4.78 is 11.0. The average molecular weight is 232 g/mol. The molecule has 1 saturated heterocycles. The van der Waals surface area contributed by atoms with Crippen molar-refractivity contribution in [2.24, 2.45) is 11.3 Å². The van der Waals surface area contributed by atoms with Crippen molar-refractivity contribution < 1.29 is 33.4 Å². The Labute approximate surface area is 116 Å². The number of methoxy groups -OCH3 is 1. The molecule has 2 rings (SSSR count). The SMILES string of the molecule is COC1=C2OCCC[C@H]2[C@@]([O-])(C(C)(C)C)C1.[Li+]. The summed E-state index contributed by atoms with van der Waals surface area (Å²) in [4.78, 5) is 0. The maximum atomic E-state index is 13.1. The van der Waals surface area contributed by atoms with Crippen LogP contribution in [0.15, 0.2) is 11.5 Å². The molecule has 2 aliphatic rings. The van der Waals surface area contributed by atoms with Crippen LogP contribution in [0.4, 0.5) is 0 Å². The maximum Gasteiger partial charge on any atom is 1.00 e. The van der Waals surface area contributed by atoms with Crippen LogP contribution in [-0.2, 0) is 9.47 Å². The topological polar surface area (TPSA) is 41.5 Å². The molecular weight excluding hydrogens is 211 g/mol. The Hall–Kier alpha value is -0.103. The molecule has 0 aromatic carbocycles. The van der Waals surface area contributed by atoms with Crippen molar-refractivity contribution in [3.05, 3.63) is 11.5 Å². The Morgan fingerprint density at radius 3 is 2.59 bits per heavy atom. The third-order valence-electron chi connectivity index (χ3n) is 3.99. The van der Waals surface area contributed by atoms with Gasteiger partial charge in [0, 0.05) is 5.92 Å². The van der Waals surface area contributed by atoms with Gasteiger partial charge in [-0.05, 0) is 24.7 Å². The molecule has 1 aliphatic carbocycles. The summed E-state index contributed by atoms with van der Waals surface area (Å²) in [5, 5.41) is 13.1. The molecule has 17 heavy (non-hydrogen) atoms. The summed E-state index contributed by atoms with van der Waals surface area (Å²) in [5.41, 5.74) is -1.25. The molecule has 0 aromatic heterocycles. The second kappa shape index (κ2) is 4.88. The molecule has 0 N–H and O–H groups in total. The first-order chi connectivity index (χ1) is 7.40. The first-order valence-corrected chi connectivity index (χ1v) is 6.00. The van der Waals surface area contributed by atoms with Crippen molar-refractivity contribution >= 4 is 0 Å². The van der Waals surface area contributed by atoms with Gasteiger partial charge in [-0.1, -0.05) is 26.4 Å². The summed E-state index contributed by atoms with van der Waals surface area (Å²) in [6, 6.07) is 0. The van der Waals surface area contributed by atoms with Crippen molar-refractivity contribution in [3.63, 3.8) is 0 Å².